The van der Waals surface area contributed by atoms with Gasteiger partial charge in [0, 0.05) is 10.4 Å². The molecule has 154 valence electrons. The number of hydrogen-bond acceptors (Lipinski definition) is 6. The van der Waals surface area contributed by atoms with E-state index in [9.17, 15) is 9.59 Å². The van der Waals surface area contributed by atoms with Crippen LogP contribution in [0.5, 0.6) is 5.75 Å². The Hall–Kier alpha value is -2.67. The van der Waals surface area contributed by atoms with Crippen molar-refractivity contribution in [2.24, 2.45) is 5.92 Å². The molecule has 1 unspecified atom stereocenters. The van der Waals surface area contributed by atoms with Crippen LogP contribution in [0.2, 0.25) is 0 Å². The SMILES string of the molecule is CCOc1ccc(-c2c(C)sc3ncn(C(C)C(=O)OCC(C)C)c(=O)c23)cc1. The van der Waals surface area contributed by atoms with Crippen LogP contribution in [0.1, 0.15) is 38.6 Å². The van der Waals surface area contributed by atoms with Gasteiger partial charge in [-0.2, -0.15) is 0 Å². The molecule has 29 heavy (non-hydrogen) atoms. The third kappa shape index (κ3) is 4.34. The smallest absolute Gasteiger partial charge is 0.329 e. The summed E-state index contributed by atoms with van der Waals surface area (Å²) in [7, 11) is 0. The summed E-state index contributed by atoms with van der Waals surface area (Å²) in [5.74, 6) is 0.580. The summed E-state index contributed by atoms with van der Waals surface area (Å²) in [5.41, 5.74) is 1.53. The van der Waals surface area contributed by atoms with Crippen LogP contribution in [-0.2, 0) is 9.53 Å². The first kappa shape index (κ1) is 21.0. The first-order valence-corrected chi connectivity index (χ1v) is 10.5. The fraction of sp³-hybridized carbons (Fsp3) is 0.409. The molecule has 0 aliphatic heterocycles. The minimum atomic E-state index is -0.744. The van der Waals surface area contributed by atoms with Gasteiger partial charge in [0.05, 0.1) is 24.9 Å². The van der Waals surface area contributed by atoms with Crippen LogP contribution in [0.15, 0.2) is 35.4 Å². The van der Waals surface area contributed by atoms with Crippen LogP contribution < -0.4 is 10.3 Å². The van der Waals surface area contributed by atoms with Crippen LogP contribution in [0.25, 0.3) is 21.3 Å². The highest BCUT2D eigenvalue weighted by atomic mass is 32.1. The van der Waals surface area contributed by atoms with Gasteiger partial charge in [-0.05, 0) is 44.4 Å². The third-order valence-corrected chi connectivity index (χ3v) is 5.60. The second kappa shape index (κ2) is 8.78. The van der Waals surface area contributed by atoms with Crippen molar-refractivity contribution in [1.29, 1.82) is 0 Å². The zero-order chi connectivity index (χ0) is 21.1. The van der Waals surface area contributed by atoms with Crippen molar-refractivity contribution in [2.75, 3.05) is 13.2 Å². The summed E-state index contributed by atoms with van der Waals surface area (Å²) in [5, 5.41) is 0.530. The van der Waals surface area contributed by atoms with Gasteiger partial charge in [-0.1, -0.05) is 26.0 Å². The minimum Gasteiger partial charge on any atom is -0.494 e. The summed E-state index contributed by atoms with van der Waals surface area (Å²) in [6, 6.07) is 6.92. The Balaban J connectivity index is 2.04. The molecule has 0 bridgehead atoms. The maximum atomic E-state index is 13.3. The van der Waals surface area contributed by atoms with E-state index in [1.54, 1.807) is 6.92 Å². The van der Waals surface area contributed by atoms with Gasteiger partial charge in [0.2, 0.25) is 0 Å². The number of thiophene rings is 1. The summed E-state index contributed by atoms with van der Waals surface area (Å²) >= 11 is 1.47. The monoisotopic (exact) mass is 414 g/mol. The van der Waals surface area contributed by atoms with Gasteiger partial charge in [-0.25, -0.2) is 9.78 Å². The molecule has 0 saturated heterocycles. The molecular weight excluding hydrogens is 388 g/mol. The molecule has 6 nitrogen and oxygen atoms in total. The molecule has 0 fully saturated rings. The molecule has 3 aromatic rings. The topological polar surface area (TPSA) is 70.4 Å². The molecule has 1 aromatic carbocycles. The number of aromatic nitrogens is 2. The molecule has 7 heteroatoms. The van der Waals surface area contributed by atoms with E-state index in [0.717, 1.165) is 21.8 Å². The van der Waals surface area contributed by atoms with E-state index in [2.05, 4.69) is 4.98 Å². The summed E-state index contributed by atoms with van der Waals surface area (Å²) in [6.45, 7) is 10.4. The fourth-order valence-electron chi connectivity index (χ4n) is 3.11. The molecular formula is C22H26N2O4S. The van der Waals surface area contributed by atoms with E-state index >= 15 is 0 Å². The van der Waals surface area contributed by atoms with Crippen molar-refractivity contribution in [2.45, 2.75) is 40.7 Å². The number of carbonyl (C=O) groups is 1. The van der Waals surface area contributed by atoms with Crippen molar-refractivity contribution in [3.8, 4) is 16.9 Å². The first-order chi connectivity index (χ1) is 13.8. The predicted molar refractivity (Wildman–Crippen MR) is 116 cm³/mol. The third-order valence-electron chi connectivity index (χ3n) is 4.58. The lowest BCUT2D eigenvalue weighted by molar-refractivity contribution is -0.148. The Kier molecular flexibility index (Phi) is 6.37. The molecule has 2 aromatic heterocycles. The normalized spacial score (nSPS) is 12.3. The first-order valence-electron chi connectivity index (χ1n) is 9.73. The number of ether oxygens (including phenoxy) is 2. The molecule has 0 radical (unpaired) electrons. The van der Waals surface area contributed by atoms with Crippen molar-refractivity contribution in [1.82, 2.24) is 9.55 Å². The van der Waals surface area contributed by atoms with E-state index in [1.807, 2.05) is 52.0 Å². The number of benzene rings is 1. The standard InChI is InChI=1S/C22H26N2O4S/c1-6-27-17-9-7-16(8-10-17)18-15(5)29-20-19(18)21(25)24(12-23-20)14(4)22(26)28-11-13(2)3/h7-10,12-14H,6,11H2,1-5H3. The Morgan fingerprint density at radius 2 is 1.90 bits per heavy atom. The van der Waals surface area contributed by atoms with Crippen LogP contribution >= 0.6 is 11.3 Å². The average molecular weight is 415 g/mol. The van der Waals surface area contributed by atoms with E-state index in [-0.39, 0.29) is 11.5 Å². The van der Waals surface area contributed by atoms with E-state index in [4.69, 9.17) is 9.47 Å². The van der Waals surface area contributed by atoms with Crippen LogP contribution in [0.4, 0.5) is 0 Å². The number of carbonyl (C=O) groups excluding carboxylic acids is 1. The van der Waals surface area contributed by atoms with Crippen LogP contribution in [0, 0.1) is 12.8 Å². The number of nitrogens with zero attached hydrogens (tertiary/aromatic N) is 2. The van der Waals surface area contributed by atoms with Gasteiger partial charge in [0.15, 0.2) is 0 Å². The van der Waals surface area contributed by atoms with Crippen LogP contribution in [-0.4, -0.2) is 28.7 Å². The van der Waals surface area contributed by atoms with Gasteiger partial charge in [0.25, 0.3) is 5.56 Å². The number of fused-ring (bicyclic) bond motifs is 1. The molecule has 2 heterocycles. The van der Waals surface area contributed by atoms with Crippen molar-refractivity contribution < 1.29 is 14.3 Å². The van der Waals surface area contributed by atoms with Crippen molar-refractivity contribution >= 4 is 27.5 Å². The lowest BCUT2D eigenvalue weighted by Gasteiger charge is -2.15. The molecule has 0 saturated carbocycles. The number of rotatable bonds is 7. The second-order valence-electron chi connectivity index (χ2n) is 7.33. The Morgan fingerprint density at radius 1 is 1.21 bits per heavy atom. The number of esters is 1. The molecule has 0 amide bonds. The highest BCUT2D eigenvalue weighted by Crippen LogP contribution is 2.36. The predicted octanol–water partition coefficient (Wildman–Crippen LogP) is 4.59. The van der Waals surface area contributed by atoms with Gasteiger partial charge in [-0.15, -0.1) is 11.3 Å². The van der Waals surface area contributed by atoms with Gasteiger partial charge < -0.3 is 9.47 Å². The van der Waals surface area contributed by atoms with Crippen LogP contribution in [0.3, 0.4) is 0 Å². The molecule has 0 aliphatic rings. The Bertz CT molecular complexity index is 1070. The minimum absolute atomic E-state index is 0.231. The largest absolute Gasteiger partial charge is 0.494 e. The maximum absolute atomic E-state index is 13.3. The molecule has 0 N–H and O–H groups in total. The molecule has 1 atom stereocenters. The Labute approximate surface area is 174 Å². The highest BCUT2D eigenvalue weighted by molar-refractivity contribution is 7.19. The second-order valence-corrected chi connectivity index (χ2v) is 8.53. The summed E-state index contributed by atoms with van der Waals surface area (Å²) in [6.07, 6.45) is 1.43. The van der Waals surface area contributed by atoms with Gasteiger partial charge >= 0.3 is 5.97 Å². The molecule has 0 aliphatic carbocycles. The zero-order valence-corrected chi connectivity index (χ0v) is 18.2. The molecule has 0 spiro atoms. The highest BCUT2D eigenvalue weighted by Gasteiger charge is 2.23. The number of hydrogen-bond donors (Lipinski definition) is 0. The molecule has 3 rings (SSSR count). The van der Waals surface area contributed by atoms with Crippen molar-refractivity contribution in [3.05, 3.63) is 45.8 Å². The lowest BCUT2D eigenvalue weighted by atomic mass is 10.0. The fourth-order valence-corrected chi connectivity index (χ4v) is 4.11. The zero-order valence-electron chi connectivity index (χ0n) is 17.4. The van der Waals surface area contributed by atoms with Gasteiger partial charge in [-0.3, -0.25) is 9.36 Å². The van der Waals surface area contributed by atoms with E-state index in [0.29, 0.717) is 23.4 Å². The maximum Gasteiger partial charge on any atom is 0.329 e. The quantitative estimate of drug-likeness (QED) is 0.529. The number of aryl methyl sites for hydroxylation is 1. The average Bonchev–Trinajstić information content (AvgIpc) is 3.03. The van der Waals surface area contributed by atoms with Crippen molar-refractivity contribution in [3.63, 3.8) is 0 Å². The van der Waals surface area contributed by atoms with E-state index < -0.39 is 12.0 Å². The summed E-state index contributed by atoms with van der Waals surface area (Å²) < 4.78 is 12.2. The Morgan fingerprint density at radius 3 is 2.52 bits per heavy atom. The lowest BCUT2D eigenvalue weighted by Crippen LogP contribution is -2.30. The van der Waals surface area contributed by atoms with E-state index in [1.165, 1.54) is 22.2 Å². The van der Waals surface area contributed by atoms with Gasteiger partial charge in [0.1, 0.15) is 16.6 Å². The summed E-state index contributed by atoms with van der Waals surface area (Å²) in [4.78, 5) is 31.8.